The van der Waals surface area contributed by atoms with E-state index in [9.17, 15) is 0 Å². The topological polar surface area (TPSA) is 35.8 Å². The van der Waals surface area contributed by atoms with E-state index in [0.29, 0.717) is 6.04 Å². The van der Waals surface area contributed by atoms with Gasteiger partial charge >= 0.3 is 0 Å². The molecule has 3 nitrogen and oxygen atoms in total. The SMILES string of the molecule is O/N=C1/CCN2CCCC12. The molecule has 0 spiro atoms. The van der Waals surface area contributed by atoms with Gasteiger partial charge in [-0.3, -0.25) is 4.90 Å². The monoisotopic (exact) mass is 140 g/mol. The molecule has 1 atom stereocenters. The van der Waals surface area contributed by atoms with Gasteiger partial charge in [0.15, 0.2) is 0 Å². The Morgan fingerprint density at radius 1 is 1.50 bits per heavy atom. The molecule has 2 fully saturated rings. The molecular weight excluding hydrogens is 128 g/mol. The van der Waals surface area contributed by atoms with Crippen LogP contribution in [0.1, 0.15) is 19.3 Å². The molecule has 2 aliphatic heterocycles. The van der Waals surface area contributed by atoms with Crippen LogP contribution in [0.15, 0.2) is 5.16 Å². The average Bonchev–Trinajstić information content (AvgIpc) is 2.44. The average molecular weight is 140 g/mol. The lowest BCUT2D eigenvalue weighted by atomic mass is 10.1. The molecule has 0 bridgehead atoms. The van der Waals surface area contributed by atoms with Gasteiger partial charge in [-0.25, -0.2) is 0 Å². The predicted octanol–water partition coefficient (Wildman–Crippen LogP) is 0.685. The highest BCUT2D eigenvalue weighted by Gasteiger charge is 2.34. The Labute approximate surface area is 60.3 Å². The fraction of sp³-hybridized carbons (Fsp3) is 0.857. The first-order chi connectivity index (χ1) is 4.92. The van der Waals surface area contributed by atoms with E-state index in [-0.39, 0.29) is 0 Å². The third-order valence-corrected chi connectivity index (χ3v) is 2.53. The summed E-state index contributed by atoms with van der Waals surface area (Å²) in [5.41, 5.74) is 0.998. The van der Waals surface area contributed by atoms with Crippen molar-refractivity contribution in [3.8, 4) is 0 Å². The number of rotatable bonds is 0. The van der Waals surface area contributed by atoms with Gasteiger partial charge in [0.25, 0.3) is 0 Å². The predicted molar refractivity (Wildman–Crippen MR) is 38.4 cm³/mol. The summed E-state index contributed by atoms with van der Waals surface area (Å²) in [7, 11) is 0. The van der Waals surface area contributed by atoms with Gasteiger partial charge < -0.3 is 5.21 Å². The molecule has 3 heteroatoms. The van der Waals surface area contributed by atoms with Crippen molar-refractivity contribution in [2.45, 2.75) is 25.3 Å². The molecule has 2 aliphatic rings. The molecule has 2 rings (SSSR count). The maximum Gasteiger partial charge on any atom is 0.0754 e. The van der Waals surface area contributed by atoms with Crippen molar-refractivity contribution in [3.63, 3.8) is 0 Å². The smallest absolute Gasteiger partial charge is 0.0754 e. The van der Waals surface area contributed by atoms with Crippen LogP contribution >= 0.6 is 0 Å². The minimum Gasteiger partial charge on any atom is -0.411 e. The van der Waals surface area contributed by atoms with E-state index in [0.717, 1.165) is 18.7 Å². The zero-order valence-corrected chi connectivity index (χ0v) is 5.95. The minimum atomic E-state index is 0.491. The fourth-order valence-electron chi connectivity index (χ4n) is 2.01. The van der Waals surface area contributed by atoms with Crippen LogP contribution in [0.25, 0.3) is 0 Å². The summed E-state index contributed by atoms with van der Waals surface area (Å²) in [5.74, 6) is 0. The van der Waals surface area contributed by atoms with Gasteiger partial charge in [-0.15, -0.1) is 0 Å². The van der Waals surface area contributed by atoms with Crippen LogP contribution in [0.4, 0.5) is 0 Å². The second-order valence-corrected chi connectivity index (χ2v) is 3.04. The van der Waals surface area contributed by atoms with Crippen LogP contribution in [0, 0.1) is 0 Å². The van der Waals surface area contributed by atoms with Gasteiger partial charge in [0.1, 0.15) is 0 Å². The molecule has 0 saturated carbocycles. The number of fused-ring (bicyclic) bond motifs is 1. The largest absolute Gasteiger partial charge is 0.411 e. The van der Waals surface area contributed by atoms with E-state index in [1.165, 1.54) is 19.4 Å². The first-order valence-electron chi connectivity index (χ1n) is 3.86. The molecule has 10 heavy (non-hydrogen) atoms. The third-order valence-electron chi connectivity index (χ3n) is 2.53. The Balaban J connectivity index is 2.15. The summed E-state index contributed by atoms with van der Waals surface area (Å²) in [5, 5.41) is 11.9. The van der Waals surface area contributed by atoms with Crippen molar-refractivity contribution in [2.75, 3.05) is 13.1 Å². The minimum absolute atomic E-state index is 0.491. The quantitative estimate of drug-likeness (QED) is 0.397. The maximum atomic E-state index is 8.57. The molecule has 0 aromatic rings. The molecule has 0 aromatic carbocycles. The Bertz CT molecular complexity index is 167. The molecule has 2 saturated heterocycles. The molecule has 1 N–H and O–H groups in total. The molecule has 1 unspecified atom stereocenters. The normalized spacial score (nSPS) is 37.2. The van der Waals surface area contributed by atoms with Gasteiger partial charge in [0.2, 0.25) is 0 Å². The number of hydrogen-bond donors (Lipinski definition) is 1. The highest BCUT2D eigenvalue weighted by Crippen LogP contribution is 2.25. The van der Waals surface area contributed by atoms with Crippen molar-refractivity contribution in [1.29, 1.82) is 0 Å². The summed E-state index contributed by atoms with van der Waals surface area (Å²) in [6.45, 7) is 2.30. The van der Waals surface area contributed by atoms with Crippen LogP contribution in [0.3, 0.4) is 0 Å². The molecule has 56 valence electrons. The fourth-order valence-corrected chi connectivity index (χ4v) is 2.01. The lowest BCUT2D eigenvalue weighted by Gasteiger charge is -2.11. The summed E-state index contributed by atoms with van der Waals surface area (Å²) < 4.78 is 0. The van der Waals surface area contributed by atoms with Gasteiger partial charge in [-0.1, -0.05) is 5.16 Å². The van der Waals surface area contributed by atoms with Crippen LogP contribution in [-0.2, 0) is 0 Å². The van der Waals surface area contributed by atoms with Crippen molar-refractivity contribution in [3.05, 3.63) is 0 Å². The summed E-state index contributed by atoms with van der Waals surface area (Å²) >= 11 is 0. The number of oxime groups is 1. The van der Waals surface area contributed by atoms with E-state index in [1.807, 2.05) is 0 Å². The van der Waals surface area contributed by atoms with E-state index < -0.39 is 0 Å². The van der Waals surface area contributed by atoms with Crippen LogP contribution < -0.4 is 0 Å². The highest BCUT2D eigenvalue weighted by atomic mass is 16.4. The molecule has 2 heterocycles. The van der Waals surface area contributed by atoms with E-state index in [4.69, 9.17) is 5.21 Å². The van der Waals surface area contributed by atoms with Gasteiger partial charge in [0, 0.05) is 13.0 Å². The Morgan fingerprint density at radius 3 is 3.20 bits per heavy atom. The van der Waals surface area contributed by atoms with Gasteiger partial charge in [-0.05, 0) is 19.4 Å². The van der Waals surface area contributed by atoms with E-state index in [1.54, 1.807) is 0 Å². The van der Waals surface area contributed by atoms with Crippen LogP contribution in [-0.4, -0.2) is 35.0 Å². The van der Waals surface area contributed by atoms with Crippen molar-refractivity contribution in [2.24, 2.45) is 5.16 Å². The standard InChI is InChI=1S/C7H12N2O/c10-8-6-3-5-9-4-1-2-7(6)9/h7,10H,1-5H2/b8-6-. The molecule has 0 aromatic heterocycles. The zero-order chi connectivity index (χ0) is 6.97. The Hall–Kier alpha value is -0.570. The van der Waals surface area contributed by atoms with Crippen LogP contribution in [0.2, 0.25) is 0 Å². The van der Waals surface area contributed by atoms with E-state index in [2.05, 4.69) is 10.1 Å². The highest BCUT2D eigenvalue weighted by molar-refractivity contribution is 5.91. The molecular formula is C7H12N2O. The van der Waals surface area contributed by atoms with Crippen molar-refractivity contribution in [1.82, 2.24) is 4.90 Å². The summed E-state index contributed by atoms with van der Waals surface area (Å²) in [6, 6.07) is 0.491. The van der Waals surface area contributed by atoms with Crippen LogP contribution in [0.5, 0.6) is 0 Å². The lowest BCUT2D eigenvalue weighted by Crippen LogP contribution is -2.25. The summed E-state index contributed by atoms with van der Waals surface area (Å²) in [6.07, 6.45) is 3.43. The van der Waals surface area contributed by atoms with Gasteiger partial charge in [0.05, 0.1) is 11.8 Å². The van der Waals surface area contributed by atoms with E-state index >= 15 is 0 Å². The lowest BCUT2D eigenvalue weighted by molar-refractivity contribution is 0.310. The molecule has 0 aliphatic carbocycles. The maximum absolute atomic E-state index is 8.57. The number of nitrogens with zero attached hydrogens (tertiary/aromatic N) is 2. The molecule has 0 amide bonds. The first kappa shape index (κ1) is 6.16. The summed E-state index contributed by atoms with van der Waals surface area (Å²) in [4.78, 5) is 2.40. The van der Waals surface area contributed by atoms with Gasteiger partial charge in [-0.2, -0.15) is 0 Å². The second-order valence-electron chi connectivity index (χ2n) is 3.04. The third kappa shape index (κ3) is 0.736. The Kier molecular flexibility index (Phi) is 1.38. The Morgan fingerprint density at radius 2 is 2.40 bits per heavy atom. The zero-order valence-electron chi connectivity index (χ0n) is 5.95. The molecule has 0 radical (unpaired) electrons. The first-order valence-corrected chi connectivity index (χ1v) is 3.86. The van der Waals surface area contributed by atoms with Crippen molar-refractivity contribution < 1.29 is 5.21 Å². The van der Waals surface area contributed by atoms with Crippen molar-refractivity contribution >= 4 is 5.71 Å². The number of hydrogen-bond acceptors (Lipinski definition) is 3. The second kappa shape index (κ2) is 2.23.